The fraction of sp³-hybridized carbons (Fsp3) is 0.241. The van der Waals surface area contributed by atoms with Crippen molar-refractivity contribution in [1.82, 2.24) is 14.5 Å². The molecule has 5 aromatic rings. The van der Waals surface area contributed by atoms with Gasteiger partial charge in [-0.2, -0.15) is 0 Å². The van der Waals surface area contributed by atoms with Crippen molar-refractivity contribution >= 4 is 61.9 Å². The fourth-order valence-electron chi connectivity index (χ4n) is 5.02. The second kappa shape index (κ2) is 10.8. The van der Waals surface area contributed by atoms with Crippen molar-refractivity contribution in [3.63, 3.8) is 0 Å². The highest BCUT2D eigenvalue weighted by molar-refractivity contribution is 7.99. The Balaban J connectivity index is 1.35. The van der Waals surface area contributed by atoms with Crippen molar-refractivity contribution in [1.29, 1.82) is 0 Å². The third-order valence-corrected chi connectivity index (χ3v) is 8.94. The Hall–Kier alpha value is -4.09. The molecule has 6 rings (SSSR count). The van der Waals surface area contributed by atoms with Crippen LogP contribution in [0.2, 0.25) is 0 Å². The number of hydrogen-bond donors (Lipinski definition) is 2. The number of rotatable bonds is 8. The quantitative estimate of drug-likeness (QED) is 0.146. The molecule has 0 radical (unpaired) electrons. The summed E-state index contributed by atoms with van der Waals surface area (Å²) >= 11 is 2.59. The van der Waals surface area contributed by atoms with E-state index in [9.17, 15) is 14.4 Å². The van der Waals surface area contributed by atoms with E-state index in [1.54, 1.807) is 38.3 Å². The zero-order valence-corrected chi connectivity index (χ0v) is 23.5. The number of thioether (sulfide) groups is 1. The van der Waals surface area contributed by atoms with E-state index in [1.807, 2.05) is 24.3 Å². The monoisotopic (exact) mass is 574 g/mol. The van der Waals surface area contributed by atoms with E-state index < -0.39 is 5.97 Å². The molecular weight excluding hydrogens is 548 g/mol. The first-order chi connectivity index (χ1) is 19.5. The predicted molar refractivity (Wildman–Crippen MR) is 157 cm³/mol. The zero-order chi connectivity index (χ0) is 27.8. The van der Waals surface area contributed by atoms with Gasteiger partial charge in [0.15, 0.2) is 5.16 Å². The zero-order valence-electron chi connectivity index (χ0n) is 21.9. The summed E-state index contributed by atoms with van der Waals surface area (Å²) in [6.07, 6.45) is 2.67. The van der Waals surface area contributed by atoms with Gasteiger partial charge in [0.05, 0.1) is 30.7 Å². The molecule has 0 bridgehead atoms. The second-order valence-electron chi connectivity index (χ2n) is 9.25. The average Bonchev–Trinajstić information content (AvgIpc) is 3.65. The van der Waals surface area contributed by atoms with Crippen LogP contribution < -0.4 is 15.6 Å². The number of ether oxygens (including phenoxy) is 2. The lowest BCUT2D eigenvalue weighted by atomic mass is 10.1. The van der Waals surface area contributed by atoms with Gasteiger partial charge < -0.3 is 19.8 Å². The molecule has 1 aliphatic carbocycles. The Kier molecular flexibility index (Phi) is 7.07. The molecule has 3 heterocycles. The van der Waals surface area contributed by atoms with E-state index in [-0.39, 0.29) is 23.8 Å². The highest BCUT2D eigenvalue weighted by Gasteiger charge is 2.28. The van der Waals surface area contributed by atoms with Gasteiger partial charge in [-0.1, -0.05) is 36.0 Å². The highest BCUT2D eigenvalue weighted by Crippen LogP contribution is 2.39. The van der Waals surface area contributed by atoms with Crippen molar-refractivity contribution in [2.75, 3.05) is 24.8 Å². The lowest BCUT2D eigenvalue weighted by Crippen LogP contribution is -2.23. The molecule has 11 heteroatoms. The van der Waals surface area contributed by atoms with Crippen LogP contribution in [0.1, 0.15) is 34.1 Å². The fourth-order valence-corrected chi connectivity index (χ4v) is 7.12. The average molecular weight is 575 g/mol. The van der Waals surface area contributed by atoms with Crippen LogP contribution in [0.3, 0.4) is 0 Å². The minimum absolute atomic E-state index is 0.0187. The maximum Gasteiger partial charge on any atom is 0.341 e. The lowest BCUT2D eigenvalue weighted by Gasteiger charge is -2.13. The van der Waals surface area contributed by atoms with Gasteiger partial charge in [-0.25, -0.2) is 9.78 Å². The molecule has 2 aromatic carbocycles. The van der Waals surface area contributed by atoms with Crippen LogP contribution in [0, 0.1) is 0 Å². The summed E-state index contributed by atoms with van der Waals surface area (Å²) in [5.41, 5.74) is 3.45. The molecule has 2 N–H and O–H groups in total. The summed E-state index contributed by atoms with van der Waals surface area (Å²) in [7, 11) is 1.56. The number of H-pyrrole nitrogens is 1. The number of carbonyl (C=O) groups is 2. The smallest absolute Gasteiger partial charge is 0.341 e. The van der Waals surface area contributed by atoms with Crippen molar-refractivity contribution in [2.24, 2.45) is 0 Å². The van der Waals surface area contributed by atoms with Gasteiger partial charge in [0, 0.05) is 21.8 Å². The first-order valence-corrected chi connectivity index (χ1v) is 14.7. The number of benzene rings is 2. The summed E-state index contributed by atoms with van der Waals surface area (Å²) in [6, 6.07) is 14.7. The summed E-state index contributed by atoms with van der Waals surface area (Å²) in [5, 5.41) is 4.62. The first kappa shape index (κ1) is 26.1. The molecule has 0 atom stereocenters. The molecule has 0 unspecified atom stereocenters. The lowest BCUT2D eigenvalue weighted by molar-refractivity contribution is -0.113. The Bertz CT molecular complexity index is 1840. The molecule has 3 aromatic heterocycles. The van der Waals surface area contributed by atoms with Gasteiger partial charge >= 0.3 is 5.97 Å². The Morgan fingerprint density at radius 2 is 2.02 bits per heavy atom. The van der Waals surface area contributed by atoms with Crippen LogP contribution in [0.15, 0.2) is 58.5 Å². The van der Waals surface area contributed by atoms with E-state index in [4.69, 9.17) is 14.5 Å². The SMILES string of the molecule is CCOC(=O)c1c(NC(=O)CSc2nc3c([nH]c4ccccc43)c(=O)n2-c2cccc(OC)c2)sc2c1CCC2. The van der Waals surface area contributed by atoms with Gasteiger partial charge in [-0.3, -0.25) is 14.2 Å². The third kappa shape index (κ3) is 4.65. The maximum absolute atomic E-state index is 13.8. The van der Waals surface area contributed by atoms with E-state index >= 15 is 0 Å². The van der Waals surface area contributed by atoms with Gasteiger partial charge in [-0.15, -0.1) is 11.3 Å². The molecule has 0 spiro atoms. The summed E-state index contributed by atoms with van der Waals surface area (Å²) in [4.78, 5) is 48.9. The summed E-state index contributed by atoms with van der Waals surface area (Å²) in [5.74, 6) is -0.147. The summed E-state index contributed by atoms with van der Waals surface area (Å²) in [6.45, 7) is 2.02. The number of anilines is 1. The van der Waals surface area contributed by atoms with Crippen molar-refractivity contribution in [2.45, 2.75) is 31.3 Å². The van der Waals surface area contributed by atoms with Crippen LogP contribution in [0.25, 0.3) is 27.6 Å². The normalized spacial score (nSPS) is 12.6. The van der Waals surface area contributed by atoms with Crippen molar-refractivity contribution < 1.29 is 19.1 Å². The number of fused-ring (bicyclic) bond motifs is 4. The number of nitrogens with one attached hydrogen (secondary N) is 2. The number of para-hydroxylation sites is 1. The number of hydrogen-bond acceptors (Lipinski definition) is 8. The molecule has 0 saturated carbocycles. The molecule has 1 amide bonds. The number of aromatic nitrogens is 3. The second-order valence-corrected chi connectivity index (χ2v) is 11.3. The topological polar surface area (TPSA) is 115 Å². The van der Waals surface area contributed by atoms with Gasteiger partial charge in [0.2, 0.25) is 5.91 Å². The largest absolute Gasteiger partial charge is 0.497 e. The summed E-state index contributed by atoms with van der Waals surface area (Å²) < 4.78 is 12.1. The van der Waals surface area contributed by atoms with Crippen LogP contribution >= 0.6 is 23.1 Å². The van der Waals surface area contributed by atoms with E-state index in [0.29, 0.717) is 38.2 Å². The molecule has 1 aliphatic rings. The standard InChI is InChI=1S/C29H26N4O5S2/c1-3-38-28(36)23-19-11-7-13-21(19)40-26(23)31-22(34)15-39-29-32-24-18-10-4-5-12-20(18)30-25(24)27(35)33(29)16-8-6-9-17(14-16)37-2/h4-6,8-10,12,14,30H,3,7,11,13,15H2,1-2H3,(H,31,34). The molecule has 0 aliphatic heterocycles. The van der Waals surface area contributed by atoms with Crippen molar-refractivity contribution in [3.05, 3.63) is 74.9 Å². The van der Waals surface area contributed by atoms with Crippen LogP contribution in [-0.2, 0) is 22.4 Å². The maximum atomic E-state index is 13.8. The number of methoxy groups -OCH3 is 1. The van der Waals surface area contributed by atoms with E-state index in [0.717, 1.165) is 52.4 Å². The molecule has 40 heavy (non-hydrogen) atoms. The van der Waals surface area contributed by atoms with Gasteiger partial charge in [0.1, 0.15) is 21.8 Å². The molecule has 204 valence electrons. The number of carbonyl (C=O) groups excluding carboxylic acids is 2. The predicted octanol–water partition coefficient (Wildman–Crippen LogP) is 5.33. The number of nitrogens with zero attached hydrogens (tertiary/aromatic N) is 2. The minimum atomic E-state index is -0.414. The van der Waals surface area contributed by atoms with E-state index in [2.05, 4.69) is 10.3 Å². The Morgan fingerprint density at radius 1 is 1.18 bits per heavy atom. The van der Waals surface area contributed by atoms with Crippen LogP contribution in [0.4, 0.5) is 5.00 Å². The number of aryl methyl sites for hydroxylation is 1. The van der Waals surface area contributed by atoms with Crippen molar-refractivity contribution in [3.8, 4) is 11.4 Å². The Labute approximate surface area is 237 Å². The number of aromatic amines is 1. The van der Waals surface area contributed by atoms with Crippen LogP contribution in [-0.4, -0.2) is 45.9 Å². The highest BCUT2D eigenvalue weighted by atomic mass is 32.2. The molecular formula is C29H26N4O5S2. The van der Waals surface area contributed by atoms with E-state index in [1.165, 1.54) is 15.9 Å². The Morgan fingerprint density at radius 3 is 2.85 bits per heavy atom. The van der Waals surface area contributed by atoms with Gasteiger partial charge in [0.25, 0.3) is 5.56 Å². The molecule has 9 nitrogen and oxygen atoms in total. The van der Waals surface area contributed by atoms with Crippen LogP contribution in [0.5, 0.6) is 5.75 Å². The first-order valence-electron chi connectivity index (χ1n) is 12.9. The molecule has 0 fully saturated rings. The third-order valence-electron chi connectivity index (χ3n) is 6.79. The van der Waals surface area contributed by atoms with Gasteiger partial charge in [-0.05, 0) is 49.9 Å². The number of esters is 1. The number of thiophene rings is 1. The minimum Gasteiger partial charge on any atom is -0.497 e. The molecule has 0 saturated heterocycles. The number of amides is 1.